The van der Waals surface area contributed by atoms with Gasteiger partial charge >= 0.3 is 6.01 Å². The molecule has 2 aromatic carbocycles. The highest BCUT2D eigenvalue weighted by Crippen LogP contribution is 2.25. The number of nitrogens with zero attached hydrogens (tertiary/aromatic N) is 2. The van der Waals surface area contributed by atoms with E-state index < -0.39 is 0 Å². The van der Waals surface area contributed by atoms with Crippen molar-refractivity contribution in [3.63, 3.8) is 0 Å². The van der Waals surface area contributed by atoms with Gasteiger partial charge in [-0.3, -0.25) is 9.59 Å². The molecule has 142 valence electrons. The second kappa shape index (κ2) is 8.30. The zero-order chi connectivity index (χ0) is 20.1. The molecule has 28 heavy (non-hydrogen) atoms. The molecule has 0 fully saturated rings. The molecule has 0 radical (unpaired) electrons. The standard InChI is InChI=1S/C21H20N4O3/c1-13-5-6-16(12-19(13)24-15(3)26)20(27)25-18-8-7-17(11-14(18)2)28-21-22-9-4-10-23-21/h4-12H,1-3H3,(H,24,26)(H,25,27). The quantitative estimate of drug-likeness (QED) is 0.699. The Morgan fingerprint density at radius 2 is 1.64 bits per heavy atom. The molecule has 0 aliphatic heterocycles. The van der Waals surface area contributed by atoms with Gasteiger partial charge in [0.15, 0.2) is 0 Å². The molecule has 1 aromatic heterocycles. The number of rotatable bonds is 5. The summed E-state index contributed by atoms with van der Waals surface area (Å²) in [6.07, 6.45) is 3.20. The number of anilines is 2. The van der Waals surface area contributed by atoms with Gasteiger partial charge in [-0.1, -0.05) is 6.07 Å². The van der Waals surface area contributed by atoms with E-state index >= 15 is 0 Å². The number of benzene rings is 2. The number of aryl methyl sites for hydroxylation is 2. The number of hydrogen-bond acceptors (Lipinski definition) is 5. The minimum Gasteiger partial charge on any atom is -0.424 e. The maximum absolute atomic E-state index is 12.6. The van der Waals surface area contributed by atoms with Gasteiger partial charge in [-0.25, -0.2) is 9.97 Å². The van der Waals surface area contributed by atoms with E-state index in [4.69, 9.17) is 4.74 Å². The highest BCUT2D eigenvalue weighted by Gasteiger charge is 2.11. The van der Waals surface area contributed by atoms with Gasteiger partial charge in [-0.2, -0.15) is 0 Å². The van der Waals surface area contributed by atoms with Gasteiger partial charge < -0.3 is 15.4 Å². The van der Waals surface area contributed by atoms with Crippen molar-refractivity contribution in [1.82, 2.24) is 9.97 Å². The lowest BCUT2D eigenvalue weighted by atomic mass is 10.1. The van der Waals surface area contributed by atoms with E-state index in [1.807, 2.05) is 13.8 Å². The zero-order valence-electron chi connectivity index (χ0n) is 15.8. The van der Waals surface area contributed by atoms with Crippen LogP contribution in [0.2, 0.25) is 0 Å². The molecular formula is C21H20N4O3. The van der Waals surface area contributed by atoms with Gasteiger partial charge in [-0.05, 0) is 61.4 Å². The second-order valence-corrected chi connectivity index (χ2v) is 6.28. The lowest BCUT2D eigenvalue weighted by Crippen LogP contribution is -2.14. The highest BCUT2D eigenvalue weighted by molar-refractivity contribution is 6.05. The third kappa shape index (κ3) is 4.70. The summed E-state index contributed by atoms with van der Waals surface area (Å²) in [6.45, 7) is 5.16. The molecule has 2 amide bonds. The molecule has 7 heteroatoms. The van der Waals surface area contributed by atoms with Crippen LogP contribution in [0.5, 0.6) is 11.8 Å². The fourth-order valence-electron chi connectivity index (χ4n) is 2.57. The second-order valence-electron chi connectivity index (χ2n) is 6.28. The molecule has 7 nitrogen and oxygen atoms in total. The van der Waals surface area contributed by atoms with E-state index in [0.29, 0.717) is 22.7 Å². The van der Waals surface area contributed by atoms with Crippen LogP contribution in [0.4, 0.5) is 11.4 Å². The van der Waals surface area contributed by atoms with E-state index in [1.165, 1.54) is 6.92 Å². The Morgan fingerprint density at radius 1 is 0.893 bits per heavy atom. The van der Waals surface area contributed by atoms with Crippen molar-refractivity contribution in [2.24, 2.45) is 0 Å². The van der Waals surface area contributed by atoms with Crippen LogP contribution < -0.4 is 15.4 Å². The van der Waals surface area contributed by atoms with Gasteiger partial charge in [0.25, 0.3) is 5.91 Å². The minimum atomic E-state index is -0.269. The average Bonchev–Trinajstić information content (AvgIpc) is 2.66. The number of ether oxygens (including phenoxy) is 1. The number of carbonyl (C=O) groups is 2. The highest BCUT2D eigenvalue weighted by atomic mass is 16.5. The molecule has 0 unspecified atom stereocenters. The molecule has 1 heterocycles. The predicted molar refractivity (Wildman–Crippen MR) is 107 cm³/mol. The number of hydrogen-bond donors (Lipinski definition) is 2. The Morgan fingerprint density at radius 3 is 2.32 bits per heavy atom. The summed E-state index contributed by atoms with van der Waals surface area (Å²) < 4.78 is 5.59. The van der Waals surface area contributed by atoms with Crippen molar-refractivity contribution in [3.05, 3.63) is 71.5 Å². The van der Waals surface area contributed by atoms with Crippen molar-refractivity contribution in [2.75, 3.05) is 10.6 Å². The van der Waals surface area contributed by atoms with Crippen molar-refractivity contribution >= 4 is 23.2 Å². The van der Waals surface area contributed by atoms with Crippen LogP contribution in [0.3, 0.4) is 0 Å². The molecule has 0 saturated heterocycles. The molecule has 3 aromatic rings. The summed E-state index contributed by atoms with van der Waals surface area (Å²) >= 11 is 0. The lowest BCUT2D eigenvalue weighted by Gasteiger charge is -2.12. The normalized spacial score (nSPS) is 10.2. The lowest BCUT2D eigenvalue weighted by molar-refractivity contribution is -0.114. The van der Waals surface area contributed by atoms with Crippen molar-refractivity contribution < 1.29 is 14.3 Å². The zero-order valence-corrected chi connectivity index (χ0v) is 15.8. The first kappa shape index (κ1) is 19.0. The molecule has 3 rings (SSSR count). The fraction of sp³-hybridized carbons (Fsp3) is 0.143. The summed E-state index contributed by atoms with van der Waals surface area (Å²) in [6, 6.07) is 12.4. The summed E-state index contributed by atoms with van der Waals surface area (Å²) in [5.74, 6) is 0.120. The van der Waals surface area contributed by atoms with E-state index in [1.54, 1.807) is 54.9 Å². The molecule has 0 aliphatic carbocycles. The molecule has 2 N–H and O–H groups in total. The van der Waals surface area contributed by atoms with E-state index in [0.717, 1.165) is 11.1 Å². The van der Waals surface area contributed by atoms with Crippen molar-refractivity contribution in [3.8, 4) is 11.8 Å². The Bertz CT molecular complexity index is 1020. The Hall–Kier alpha value is -3.74. The van der Waals surface area contributed by atoms with Crippen molar-refractivity contribution in [1.29, 1.82) is 0 Å². The molecule has 0 atom stereocenters. The smallest absolute Gasteiger partial charge is 0.321 e. The van der Waals surface area contributed by atoms with E-state index in [9.17, 15) is 9.59 Å². The van der Waals surface area contributed by atoms with Gasteiger partial charge in [0.05, 0.1) is 0 Å². The van der Waals surface area contributed by atoms with Crippen LogP contribution in [0, 0.1) is 13.8 Å². The molecule has 0 bridgehead atoms. The number of nitrogens with one attached hydrogen (secondary N) is 2. The van der Waals surface area contributed by atoms with Gasteiger partial charge in [0, 0.05) is 36.3 Å². The Labute approximate surface area is 162 Å². The van der Waals surface area contributed by atoms with Crippen LogP contribution in [0.1, 0.15) is 28.4 Å². The number of aromatic nitrogens is 2. The van der Waals surface area contributed by atoms with Gasteiger partial charge in [0.1, 0.15) is 5.75 Å². The van der Waals surface area contributed by atoms with Crippen LogP contribution in [0.15, 0.2) is 54.9 Å². The van der Waals surface area contributed by atoms with E-state index in [-0.39, 0.29) is 17.8 Å². The predicted octanol–water partition coefficient (Wildman–Crippen LogP) is 4.10. The summed E-state index contributed by atoms with van der Waals surface area (Å²) in [5, 5.41) is 5.61. The minimum absolute atomic E-state index is 0.186. The van der Waals surface area contributed by atoms with Gasteiger partial charge in [0.2, 0.25) is 5.91 Å². The molecule has 0 spiro atoms. The van der Waals surface area contributed by atoms with Crippen LogP contribution in [-0.4, -0.2) is 21.8 Å². The Kier molecular flexibility index (Phi) is 5.64. The molecular weight excluding hydrogens is 356 g/mol. The largest absolute Gasteiger partial charge is 0.424 e. The molecule has 0 saturated carbocycles. The average molecular weight is 376 g/mol. The summed E-state index contributed by atoms with van der Waals surface area (Å²) in [5.41, 5.74) is 3.44. The third-order valence-electron chi connectivity index (χ3n) is 4.01. The van der Waals surface area contributed by atoms with Gasteiger partial charge in [-0.15, -0.1) is 0 Å². The first-order chi connectivity index (χ1) is 13.4. The maximum Gasteiger partial charge on any atom is 0.321 e. The fourth-order valence-corrected chi connectivity index (χ4v) is 2.57. The topological polar surface area (TPSA) is 93.2 Å². The first-order valence-electron chi connectivity index (χ1n) is 8.67. The van der Waals surface area contributed by atoms with Crippen LogP contribution in [0.25, 0.3) is 0 Å². The Balaban J connectivity index is 1.74. The summed E-state index contributed by atoms with van der Waals surface area (Å²) in [4.78, 5) is 32.0. The first-order valence-corrected chi connectivity index (χ1v) is 8.67. The number of carbonyl (C=O) groups excluding carboxylic acids is 2. The third-order valence-corrected chi connectivity index (χ3v) is 4.01. The monoisotopic (exact) mass is 376 g/mol. The van der Waals surface area contributed by atoms with Crippen molar-refractivity contribution in [2.45, 2.75) is 20.8 Å². The molecule has 0 aliphatic rings. The van der Waals surface area contributed by atoms with Crippen LogP contribution in [-0.2, 0) is 4.79 Å². The summed E-state index contributed by atoms with van der Waals surface area (Å²) in [7, 11) is 0. The van der Waals surface area contributed by atoms with Crippen LogP contribution >= 0.6 is 0 Å². The number of amides is 2. The maximum atomic E-state index is 12.6. The van der Waals surface area contributed by atoms with E-state index in [2.05, 4.69) is 20.6 Å². The SMILES string of the molecule is CC(=O)Nc1cc(C(=O)Nc2ccc(Oc3ncccn3)cc2C)ccc1C.